The van der Waals surface area contributed by atoms with Gasteiger partial charge in [0.2, 0.25) is 18.1 Å². The van der Waals surface area contributed by atoms with Gasteiger partial charge in [-0.1, -0.05) is 16.9 Å². The van der Waals surface area contributed by atoms with Crippen LogP contribution >= 0.6 is 35.1 Å². The highest BCUT2D eigenvalue weighted by atomic mass is 32.2. The maximum absolute atomic E-state index is 12.9. The van der Waals surface area contributed by atoms with E-state index in [1.54, 1.807) is 40.6 Å². The van der Waals surface area contributed by atoms with E-state index in [1.807, 2.05) is 0 Å². The summed E-state index contributed by atoms with van der Waals surface area (Å²) in [6, 6.07) is 2.42. The van der Waals surface area contributed by atoms with Gasteiger partial charge in [-0.2, -0.15) is 13.9 Å². The quantitative estimate of drug-likeness (QED) is 0.0873. The summed E-state index contributed by atoms with van der Waals surface area (Å²) in [4.78, 5) is 58.7. The molecule has 204 valence electrons. The van der Waals surface area contributed by atoms with Crippen LogP contribution in [0.4, 0.5) is 9.52 Å². The number of nitrogen functional groups attached to an aromatic ring is 1. The molecule has 0 unspecified atom stereocenters. The summed E-state index contributed by atoms with van der Waals surface area (Å²) < 4.78 is 17.9. The number of fused-ring (bicyclic) bond motifs is 1. The summed E-state index contributed by atoms with van der Waals surface area (Å²) >= 11 is 3.30. The average molecular weight is 595 g/mol. The van der Waals surface area contributed by atoms with Crippen molar-refractivity contribution in [1.82, 2.24) is 19.6 Å². The molecule has 1 saturated heterocycles. The number of hydrogen-bond donors (Lipinski definition) is 3. The van der Waals surface area contributed by atoms with Crippen LogP contribution in [0.15, 0.2) is 57.3 Å². The highest BCUT2D eigenvalue weighted by Crippen LogP contribution is 2.40. The van der Waals surface area contributed by atoms with E-state index in [2.05, 4.69) is 24.7 Å². The number of thioether (sulfide) groups is 2. The van der Waals surface area contributed by atoms with Gasteiger partial charge in [-0.15, -0.1) is 11.8 Å². The van der Waals surface area contributed by atoms with Crippen LogP contribution in [0.3, 0.4) is 0 Å². The Labute approximate surface area is 232 Å². The minimum atomic E-state index is -1.55. The first-order valence-electron chi connectivity index (χ1n) is 10.9. The first-order valence-corrected chi connectivity index (χ1v) is 13.6. The van der Waals surface area contributed by atoms with Crippen LogP contribution in [0, 0.1) is 0 Å². The molecule has 2 aliphatic rings. The number of alkyl halides is 1. The van der Waals surface area contributed by atoms with Crippen molar-refractivity contribution in [3.8, 4) is 0 Å². The number of anilines is 1. The first kappa shape index (κ1) is 28.0. The number of aliphatic carboxylic acids is 1. The second-order valence-electron chi connectivity index (χ2n) is 7.75. The zero-order valence-electron chi connectivity index (χ0n) is 19.7. The van der Waals surface area contributed by atoms with E-state index in [0.29, 0.717) is 5.57 Å². The molecule has 2 atom stereocenters. The maximum Gasteiger partial charge on any atom is 0.283 e. The summed E-state index contributed by atoms with van der Waals surface area (Å²) in [6.45, 7) is -1.28. The third-order valence-corrected chi connectivity index (χ3v) is 7.88. The van der Waals surface area contributed by atoms with E-state index in [0.717, 1.165) is 21.3 Å². The molecule has 14 nitrogen and oxygen atoms in total. The van der Waals surface area contributed by atoms with Crippen molar-refractivity contribution < 1.29 is 38.1 Å². The van der Waals surface area contributed by atoms with Gasteiger partial charge in [0, 0.05) is 34.3 Å². The van der Waals surface area contributed by atoms with Crippen LogP contribution in [0.25, 0.3) is 0 Å². The average Bonchev–Trinajstić information content (AvgIpc) is 3.33. The van der Waals surface area contributed by atoms with Crippen LogP contribution in [0.5, 0.6) is 0 Å². The van der Waals surface area contributed by atoms with Crippen molar-refractivity contribution >= 4 is 69.6 Å². The van der Waals surface area contributed by atoms with Gasteiger partial charge in [0.15, 0.2) is 17.5 Å². The minimum Gasteiger partial charge on any atom is -0.543 e. The van der Waals surface area contributed by atoms with Crippen LogP contribution < -0.4 is 26.5 Å². The van der Waals surface area contributed by atoms with E-state index in [-0.39, 0.29) is 29.0 Å². The highest BCUT2D eigenvalue weighted by molar-refractivity contribution is 8.02. The molecule has 2 aliphatic heterocycles. The fraction of sp³-hybridized carbons (Fsp3) is 0.238. The smallest absolute Gasteiger partial charge is 0.283 e. The van der Waals surface area contributed by atoms with E-state index in [1.165, 1.54) is 23.5 Å². The number of rotatable bonds is 11. The van der Waals surface area contributed by atoms with Gasteiger partial charge in [0.25, 0.3) is 24.6 Å². The predicted octanol–water partition coefficient (Wildman–Crippen LogP) is -1.75. The van der Waals surface area contributed by atoms with Gasteiger partial charge in [-0.05, 0) is 17.1 Å². The number of carbonyl (C=O) groups excluding carboxylic acids is 4. The molecule has 4 heterocycles. The molecule has 3 amide bonds. The third-order valence-electron chi connectivity index (χ3n) is 5.22. The van der Waals surface area contributed by atoms with Crippen LogP contribution in [-0.2, 0) is 30.6 Å². The lowest BCUT2D eigenvalue weighted by Gasteiger charge is -2.50. The summed E-state index contributed by atoms with van der Waals surface area (Å²) in [7, 11) is 0. The van der Waals surface area contributed by atoms with E-state index < -0.39 is 47.7 Å². The molecular weight excluding hydrogens is 575 g/mol. The lowest BCUT2D eigenvalue weighted by molar-refractivity contribution is -0.684. The Bertz CT molecular complexity index is 1400. The third kappa shape index (κ3) is 6.35. The molecule has 0 spiro atoms. The summed E-state index contributed by atoms with van der Waals surface area (Å²) in [6.07, 6.45) is 4.93. The number of amides is 3. The number of oxime groups is 1. The van der Waals surface area contributed by atoms with Crippen molar-refractivity contribution in [3.63, 3.8) is 0 Å². The Balaban J connectivity index is 1.45. The summed E-state index contributed by atoms with van der Waals surface area (Å²) in [5.41, 5.74) is 10.2. The second kappa shape index (κ2) is 12.2. The number of nitrogens with two attached hydrogens (primary N) is 2. The standard InChI is InChI=1S/C21H19FN8O6S3/c22-9-36-27-13(16-26-21(24)39-28-16)17(32)25-14-18(33)30-15(20(34)35)10(8-38-19(14)30)3-6-37-11-1-4-29(5-2-11)7-12(23)31/h1-6,14,19H,7-9H2,(H5-,23,24,25,26,28,31,32,34,35)/b6-3+,27-13-/t14-,19-/m1/s1. The molecule has 5 N–H and O–H groups in total. The number of aromatic nitrogens is 3. The number of pyridine rings is 1. The van der Waals surface area contributed by atoms with E-state index >= 15 is 0 Å². The molecular formula is C21H19FN8O6S3. The Kier molecular flexibility index (Phi) is 8.77. The SMILES string of the molecule is NC(=O)C[n+]1ccc(S/C=C/C2=C(C(=O)[O-])N3C(=O)[C@@H](NC(=O)/C(=N\OCF)c4nsc(N)n4)[C@H]3SC2)cc1. The van der Waals surface area contributed by atoms with Crippen molar-refractivity contribution in [2.45, 2.75) is 22.9 Å². The Hall–Kier alpha value is -4.03. The van der Waals surface area contributed by atoms with Crippen molar-refractivity contribution in [3.05, 3.63) is 53.1 Å². The van der Waals surface area contributed by atoms with Gasteiger partial charge < -0.3 is 31.5 Å². The molecule has 2 aromatic heterocycles. The van der Waals surface area contributed by atoms with E-state index in [9.17, 15) is 28.7 Å². The Morgan fingerprint density at radius 3 is 2.74 bits per heavy atom. The number of carbonyl (C=O) groups is 4. The monoisotopic (exact) mass is 594 g/mol. The number of carboxylic acid groups (broad SMARTS) is 1. The van der Waals surface area contributed by atoms with Gasteiger partial charge in [-0.3, -0.25) is 19.3 Å². The molecule has 0 radical (unpaired) electrons. The Morgan fingerprint density at radius 1 is 1.38 bits per heavy atom. The Morgan fingerprint density at radius 2 is 2.13 bits per heavy atom. The second-order valence-corrected chi connectivity index (χ2v) is 10.6. The van der Waals surface area contributed by atoms with Crippen molar-refractivity contribution in [2.75, 3.05) is 18.3 Å². The minimum absolute atomic E-state index is 0.0287. The maximum atomic E-state index is 12.9. The van der Waals surface area contributed by atoms with Crippen LogP contribution in [-0.4, -0.2) is 67.7 Å². The number of nitrogens with one attached hydrogen (secondary N) is 1. The zero-order valence-corrected chi connectivity index (χ0v) is 22.1. The van der Waals surface area contributed by atoms with Gasteiger partial charge in [0.1, 0.15) is 11.4 Å². The predicted molar refractivity (Wildman–Crippen MR) is 136 cm³/mol. The largest absolute Gasteiger partial charge is 0.543 e. The molecule has 4 rings (SSSR count). The number of primary amides is 1. The van der Waals surface area contributed by atoms with Gasteiger partial charge in [0.05, 0.1) is 11.7 Å². The lowest BCUT2D eigenvalue weighted by Crippen LogP contribution is -2.71. The van der Waals surface area contributed by atoms with Crippen LogP contribution in [0.1, 0.15) is 5.82 Å². The number of β-lactam (4-membered cyclic amide) rings is 1. The number of hydrogen-bond acceptors (Lipinski definition) is 13. The number of carboxylic acids is 1. The summed E-state index contributed by atoms with van der Waals surface area (Å²) in [5.74, 6) is -3.64. The van der Waals surface area contributed by atoms with Crippen molar-refractivity contribution in [1.29, 1.82) is 0 Å². The highest BCUT2D eigenvalue weighted by Gasteiger charge is 2.53. The molecule has 0 bridgehead atoms. The fourth-order valence-electron chi connectivity index (χ4n) is 3.58. The van der Waals surface area contributed by atoms with Gasteiger partial charge in [-0.25, -0.2) is 4.39 Å². The molecule has 1 fully saturated rings. The fourth-order valence-corrected chi connectivity index (χ4v) is 6.00. The zero-order chi connectivity index (χ0) is 28.1. The molecule has 2 aromatic rings. The molecule has 39 heavy (non-hydrogen) atoms. The van der Waals surface area contributed by atoms with Gasteiger partial charge >= 0.3 is 0 Å². The van der Waals surface area contributed by atoms with Crippen LogP contribution in [0.2, 0.25) is 0 Å². The molecule has 0 aromatic carbocycles. The van der Waals surface area contributed by atoms with E-state index in [4.69, 9.17) is 11.5 Å². The normalized spacial score (nSPS) is 19.1. The van der Waals surface area contributed by atoms with Crippen molar-refractivity contribution in [2.24, 2.45) is 10.9 Å². The number of halogens is 1. The molecule has 0 aliphatic carbocycles. The topological polar surface area (TPSA) is 210 Å². The number of allylic oxidation sites excluding steroid dienone is 1. The molecule has 0 saturated carbocycles. The molecule has 18 heteroatoms. The first-order chi connectivity index (χ1) is 18.7. The number of nitrogens with zero attached hydrogens (tertiary/aromatic N) is 5. The summed E-state index contributed by atoms with van der Waals surface area (Å²) in [5, 5.41) is 18.7. The lowest BCUT2D eigenvalue weighted by atomic mass is 10.0.